The number of hydrogen-bond acceptors (Lipinski definition) is 6. The Morgan fingerprint density at radius 2 is 1.96 bits per heavy atom. The van der Waals surface area contributed by atoms with E-state index in [-0.39, 0.29) is 12.2 Å². The molecule has 0 saturated carbocycles. The van der Waals surface area contributed by atoms with E-state index in [0.717, 1.165) is 29.7 Å². The number of fused-ring (bicyclic) bond motifs is 1. The van der Waals surface area contributed by atoms with E-state index in [4.69, 9.17) is 10.5 Å². The molecular weight excluding hydrogens is 368 g/mol. The van der Waals surface area contributed by atoms with Crippen molar-refractivity contribution in [2.24, 2.45) is 5.73 Å². The number of nitrogens with two attached hydrogens (primary N) is 1. The Bertz CT molecular complexity index is 888. The number of benzene rings is 1. The lowest BCUT2D eigenvalue weighted by atomic mass is 10.1. The van der Waals surface area contributed by atoms with Crippen molar-refractivity contribution in [3.05, 3.63) is 45.8 Å². The number of hydrogen-bond donors (Lipinski definition) is 3. The molecule has 27 heavy (non-hydrogen) atoms. The topological polar surface area (TPSA) is 119 Å². The Kier molecular flexibility index (Phi) is 5.46. The van der Waals surface area contributed by atoms with Crippen molar-refractivity contribution in [2.75, 3.05) is 5.32 Å². The maximum absolute atomic E-state index is 12.4. The molecule has 0 radical (unpaired) electrons. The lowest BCUT2D eigenvalue weighted by molar-refractivity contribution is -0.152. The summed E-state index contributed by atoms with van der Waals surface area (Å²) in [5.41, 5.74) is 7.42. The number of phenolic OH excluding ortho intramolecular Hbond substituents is 1. The minimum absolute atomic E-state index is 0.0161. The van der Waals surface area contributed by atoms with Gasteiger partial charge in [-0.2, -0.15) is 0 Å². The number of rotatable bonds is 6. The number of thiophene rings is 1. The van der Waals surface area contributed by atoms with Crippen molar-refractivity contribution in [3.63, 3.8) is 0 Å². The van der Waals surface area contributed by atoms with Crippen molar-refractivity contribution in [1.29, 1.82) is 0 Å². The summed E-state index contributed by atoms with van der Waals surface area (Å²) in [4.78, 5) is 37.2. The second kappa shape index (κ2) is 7.79. The smallest absolute Gasteiger partial charge is 0.311 e. The minimum atomic E-state index is -1.02. The van der Waals surface area contributed by atoms with E-state index in [9.17, 15) is 19.5 Å². The van der Waals surface area contributed by atoms with Crippen molar-refractivity contribution >= 4 is 34.1 Å². The number of nitrogens with one attached hydrogen (secondary N) is 1. The summed E-state index contributed by atoms with van der Waals surface area (Å²) < 4.78 is 5.17. The van der Waals surface area contributed by atoms with Gasteiger partial charge in [-0.15, -0.1) is 11.3 Å². The highest BCUT2D eigenvalue weighted by Gasteiger charge is 2.27. The highest BCUT2D eigenvalue weighted by Crippen LogP contribution is 2.38. The second-order valence-electron chi connectivity index (χ2n) is 6.39. The van der Waals surface area contributed by atoms with Crippen molar-refractivity contribution < 1.29 is 24.2 Å². The molecule has 0 aliphatic heterocycles. The van der Waals surface area contributed by atoms with Gasteiger partial charge in [0.05, 0.1) is 12.0 Å². The Morgan fingerprint density at radius 1 is 1.26 bits per heavy atom. The van der Waals surface area contributed by atoms with Crippen LogP contribution in [0.15, 0.2) is 24.3 Å². The van der Waals surface area contributed by atoms with Crippen LogP contribution in [-0.2, 0) is 33.6 Å². The van der Waals surface area contributed by atoms with Crippen LogP contribution in [-0.4, -0.2) is 29.0 Å². The molecule has 1 aliphatic carbocycles. The van der Waals surface area contributed by atoms with Crippen molar-refractivity contribution in [3.8, 4) is 5.75 Å². The SMILES string of the molecule is C[C@@H](OC(=O)Cc1ccc(O)cc1)C(=O)Nc1sc2c(c1C(N)=O)CCC2. The third kappa shape index (κ3) is 4.28. The quantitative estimate of drug-likeness (QED) is 0.655. The Balaban J connectivity index is 1.62. The van der Waals surface area contributed by atoms with Crippen LogP contribution >= 0.6 is 11.3 Å². The number of carbonyl (C=O) groups is 3. The Labute approximate surface area is 160 Å². The molecule has 1 atom stereocenters. The van der Waals surface area contributed by atoms with Crippen LogP contribution in [0.5, 0.6) is 5.75 Å². The average Bonchev–Trinajstić information content (AvgIpc) is 3.16. The number of esters is 1. The third-order valence-corrected chi connectivity index (χ3v) is 5.57. The molecule has 1 heterocycles. The first-order valence-electron chi connectivity index (χ1n) is 8.57. The lowest BCUT2D eigenvalue weighted by Gasteiger charge is -2.13. The van der Waals surface area contributed by atoms with Crippen molar-refractivity contribution in [1.82, 2.24) is 0 Å². The molecule has 0 spiro atoms. The molecule has 0 saturated heterocycles. The van der Waals surface area contributed by atoms with Crippen LogP contribution in [0, 0.1) is 0 Å². The van der Waals surface area contributed by atoms with Gasteiger partial charge in [0.2, 0.25) is 0 Å². The number of carbonyl (C=O) groups excluding carboxylic acids is 3. The van der Waals surface area contributed by atoms with Crippen LogP contribution in [0.25, 0.3) is 0 Å². The highest BCUT2D eigenvalue weighted by molar-refractivity contribution is 7.17. The molecule has 2 amide bonds. The maximum Gasteiger partial charge on any atom is 0.311 e. The van der Waals surface area contributed by atoms with Gasteiger partial charge in [0.25, 0.3) is 11.8 Å². The molecule has 1 aromatic heterocycles. The summed E-state index contributed by atoms with van der Waals surface area (Å²) in [5, 5.41) is 12.3. The number of phenols is 1. The van der Waals surface area contributed by atoms with Gasteiger partial charge in [-0.25, -0.2) is 0 Å². The molecule has 3 rings (SSSR count). The standard InChI is InChI=1S/C19H20N2O5S/c1-10(26-15(23)9-11-5-7-12(22)8-6-11)18(25)21-19-16(17(20)24)13-3-2-4-14(13)27-19/h5-8,10,22H,2-4,9H2,1H3,(H2,20,24)(H,21,25)/t10-/m1/s1. The zero-order valence-electron chi connectivity index (χ0n) is 14.8. The number of anilines is 1. The van der Waals surface area contributed by atoms with Crippen LogP contribution in [0.1, 0.15) is 39.7 Å². The van der Waals surface area contributed by atoms with Crippen LogP contribution in [0.2, 0.25) is 0 Å². The molecule has 7 nitrogen and oxygen atoms in total. The zero-order valence-corrected chi connectivity index (χ0v) is 15.6. The summed E-state index contributed by atoms with van der Waals surface area (Å²) in [6.07, 6.45) is 1.58. The summed E-state index contributed by atoms with van der Waals surface area (Å²) in [6.45, 7) is 1.47. The van der Waals surface area contributed by atoms with Gasteiger partial charge in [0.15, 0.2) is 6.10 Å². The van der Waals surface area contributed by atoms with Crippen LogP contribution in [0.3, 0.4) is 0 Å². The third-order valence-electron chi connectivity index (χ3n) is 4.37. The van der Waals surface area contributed by atoms with E-state index in [0.29, 0.717) is 16.1 Å². The molecule has 0 bridgehead atoms. The monoisotopic (exact) mass is 388 g/mol. The van der Waals surface area contributed by atoms with E-state index in [1.807, 2.05) is 0 Å². The number of aryl methyl sites for hydroxylation is 1. The van der Waals surface area contributed by atoms with E-state index in [1.165, 1.54) is 30.4 Å². The van der Waals surface area contributed by atoms with E-state index in [2.05, 4.69) is 5.32 Å². The van der Waals surface area contributed by atoms with E-state index >= 15 is 0 Å². The van der Waals surface area contributed by atoms with Gasteiger partial charge in [-0.05, 0) is 49.4 Å². The van der Waals surface area contributed by atoms with Gasteiger partial charge >= 0.3 is 5.97 Å². The first-order chi connectivity index (χ1) is 12.8. The Morgan fingerprint density at radius 3 is 2.63 bits per heavy atom. The molecule has 2 aromatic rings. The fraction of sp³-hybridized carbons (Fsp3) is 0.316. The van der Waals surface area contributed by atoms with Crippen LogP contribution in [0.4, 0.5) is 5.00 Å². The first kappa shape index (κ1) is 18.9. The molecule has 4 N–H and O–H groups in total. The number of aromatic hydroxyl groups is 1. The number of amides is 2. The molecule has 8 heteroatoms. The zero-order chi connectivity index (χ0) is 19.6. The molecule has 142 valence electrons. The van der Waals surface area contributed by atoms with E-state index < -0.39 is 23.9 Å². The van der Waals surface area contributed by atoms with Gasteiger partial charge < -0.3 is 20.9 Å². The number of ether oxygens (including phenoxy) is 1. The van der Waals surface area contributed by atoms with Gasteiger partial charge in [0.1, 0.15) is 10.8 Å². The largest absolute Gasteiger partial charge is 0.508 e. The minimum Gasteiger partial charge on any atom is -0.508 e. The number of primary amides is 1. The van der Waals surface area contributed by atoms with Gasteiger partial charge in [-0.3, -0.25) is 14.4 Å². The van der Waals surface area contributed by atoms with Crippen molar-refractivity contribution in [2.45, 2.75) is 38.7 Å². The first-order valence-corrected chi connectivity index (χ1v) is 9.39. The fourth-order valence-electron chi connectivity index (χ4n) is 3.04. The molecule has 0 fully saturated rings. The molecular formula is C19H20N2O5S. The van der Waals surface area contributed by atoms with Gasteiger partial charge in [0, 0.05) is 4.88 Å². The maximum atomic E-state index is 12.4. The van der Waals surface area contributed by atoms with E-state index in [1.54, 1.807) is 12.1 Å². The predicted molar refractivity (Wildman–Crippen MR) is 101 cm³/mol. The summed E-state index contributed by atoms with van der Waals surface area (Å²) in [5.74, 6) is -1.54. The van der Waals surface area contributed by atoms with Gasteiger partial charge in [-0.1, -0.05) is 12.1 Å². The normalized spacial score (nSPS) is 13.7. The predicted octanol–water partition coefficient (Wildman–Crippen LogP) is 2.15. The average molecular weight is 388 g/mol. The summed E-state index contributed by atoms with van der Waals surface area (Å²) >= 11 is 1.35. The summed E-state index contributed by atoms with van der Waals surface area (Å²) in [7, 11) is 0. The van der Waals surface area contributed by atoms with Crippen LogP contribution < -0.4 is 11.1 Å². The lowest BCUT2D eigenvalue weighted by Crippen LogP contribution is -2.31. The summed E-state index contributed by atoms with van der Waals surface area (Å²) in [6, 6.07) is 6.15. The second-order valence-corrected chi connectivity index (χ2v) is 7.50. The fourth-order valence-corrected chi connectivity index (χ4v) is 4.34. The highest BCUT2D eigenvalue weighted by atomic mass is 32.1. The molecule has 1 aromatic carbocycles. The Hall–Kier alpha value is -2.87. The molecule has 1 aliphatic rings. The molecule has 0 unspecified atom stereocenters.